The number of benzene rings is 1. The summed E-state index contributed by atoms with van der Waals surface area (Å²) < 4.78 is 81.8. The summed E-state index contributed by atoms with van der Waals surface area (Å²) in [7, 11) is -3.65. The lowest BCUT2D eigenvalue weighted by molar-refractivity contribution is -0.141. The predicted molar refractivity (Wildman–Crippen MR) is 140 cm³/mol. The first-order chi connectivity index (χ1) is 18.4. The molecule has 2 aromatic rings. The highest BCUT2D eigenvalue weighted by Gasteiger charge is 2.33. The third-order valence-corrected chi connectivity index (χ3v) is 4.97. The Morgan fingerprint density at radius 2 is 1.55 bits per heavy atom. The van der Waals surface area contributed by atoms with Crippen LogP contribution in [0.5, 0.6) is 5.88 Å². The Kier molecular flexibility index (Phi) is 15.2. The van der Waals surface area contributed by atoms with Crippen molar-refractivity contribution in [2.45, 2.75) is 52.8 Å². The van der Waals surface area contributed by atoms with E-state index in [0.29, 0.717) is 12.8 Å². The molecule has 0 saturated carbocycles. The summed E-state index contributed by atoms with van der Waals surface area (Å²) in [5, 5.41) is 2.50. The lowest BCUT2D eigenvalue weighted by Crippen LogP contribution is -2.25. The number of alkyl halides is 3. The highest BCUT2D eigenvalue weighted by atomic mass is 32.2. The first-order valence-electron chi connectivity index (χ1n) is 11.7. The number of pyridine rings is 1. The Balaban J connectivity index is 0.00000130. The van der Waals surface area contributed by atoms with Gasteiger partial charge in [-0.2, -0.15) is 13.2 Å². The van der Waals surface area contributed by atoms with Crippen molar-refractivity contribution >= 4 is 33.4 Å². The number of aromatic nitrogens is 1. The fourth-order valence-electron chi connectivity index (χ4n) is 2.42. The summed E-state index contributed by atoms with van der Waals surface area (Å²) in [5.41, 5.74) is 8.47. The first-order valence-corrected chi connectivity index (χ1v) is 13.6. The van der Waals surface area contributed by atoms with Crippen LogP contribution in [0.15, 0.2) is 30.3 Å². The van der Waals surface area contributed by atoms with Crippen LogP contribution in [0.2, 0.25) is 0 Å². The Morgan fingerprint density at radius 3 is 1.98 bits per heavy atom. The fraction of sp³-hybridized carbons (Fsp3) is 0.417. The number of sulfonamides is 1. The summed E-state index contributed by atoms with van der Waals surface area (Å²) >= 11 is 0. The molecule has 11 nitrogen and oxygen atoms in total. The van der Waals surface area contributed by atoms with Gasteiger partial charge in [-0.3, -0.25) is 19.1 Å². The summed E-state index contributed by atoms with van der Waals surface area (Å²) in [6.07, 6.45) is -3.09. The molecule has 0 aliphatic heterocycles. The number of anilines is 1. The number of halogens is 4. The fourth-order valence-corrected chi connectivity index (χ4v) is 2.98. The van der Waals surface area contributed by atoms with Crippen LogP contribution in [-0.2, 0) is 43.5 Å². The number of nitrogens with one attached hydrogen (secondary N) is 2. The van der Waals surface area contributed by atoms with Gasteiger partial charge in [0.2, 0.25) is 33.6 Å². The summed E-state index contributed by atoms with van der Waals surface area (Å²) in [6.45, 7) is 4.98. The van der Waals surface area contributed by atoms with Crippen molar-refractivity contribution < 1.29 is 45.1 Å². The van der Waals surface area contributed by atoms with Gasteiger partial charge in [-0.15, -0.1) is 0 Å². The second-order valence-electron chi connectivity index (χ2n) is 7.87. The smallest absolute Gasteiger partial charge is 0.433 e. The highest BCUT2D eigenvalue weighted by Crippen LogP contribution is 2.30. The molecule has 1 aromatic carbocycles. The number of nitrogens with two attached hydrogens (primary N) is 2. The molecule has 3 amide bonds. The van der Waals surface area contributed by atoms with Crippen molar-refractivity contribution in [3.05, 3.63) is 53.0 Å². The van der Waals surface area contributed by atoms with E-state index >= 15 is 0 Å². The number of carbonyl (C=O) groups excluding carboxylic acids is 3. The highest BCUT2D eigenvalue weighted by molar-refractivity contribution is 7.92. The standard InChI is InChI=1S/C18H19F4N3O4S.2C3H7NO/c1-3-29-17-12(5-7-15(24-17)18(20,21)22)10-23-16(26)9-11-4-6-14(13(19)8-11)25-30(2,27)28;2*1-2-3(4)5/h4-8,25H,3,9-10H2,1-2H3,(H,23,26);2*2H2,1H3,(H2,4,5). The van der Waals surface area contributed by atoms with Gasteiger partial charge in [0.15, 0.2) is 0 Å². The second kappa shape index (κ2) is 16.9. The van der Waals surface area contributed by atoms with E-state index in [1.54, 1.807) is 20.8 Å². The maximum absolute atomic E-state index is 14.0. The molecule has 0 aliphatic carbocycles. The Hall–Kier alpha value is -3.95. The maximum Gasteiger partial charge on any atom is 0.433 e. The van der Waals surface area contributed by atoms with Crippen molar-refractivity contribution in [1.82, 2.24) is 10.3 Å². The van der Waals surface area contributed by atoms with Gasteiger partial charge in [0.25, 0.3) is 0 Å². The van der Waals surface area contributed by atoms with Gasteiger partial charge < -0.3 is 21.5 Å². The second-order valence-corrected chi connectivity index (χ2v) is 9.62. The van der Waals surface area contributed by atoms with Crippen molar-refractivity contribution in [2.75, 3.05) is 17.6 Å². The van der Waals surface area contributed by atoms with Crippen LogP contribution >= 0.6 is 0 Å². The van der Waals surface area contributed by atoms with E-state index in [4.69, 9.17) is 4.74 Å². The number of carbonyl (C=O) groups is 3. The van der Waals surface area contributed by atoms with Gasteiger partial charge in [0.1, 0.15) is 11.5 Å². The minimum absolute atomic E-state index is 0.0857. The zero-order valence-corrected chi connectivity index (χ0v) is 23.2. The van der Waals surface area contributed by atoms with Crippen molar-refractivity contribution in [2.24, 2.45) is 11.5 Å². The molecule has 0 bridgehead atoms. The van der Waals surface area contributed by atoms with Crippen molar-refractivity contribution in [3.8, 4) is 5.88 Å². The molecular weight excluding hydrogens is 562 g/mol. The van der Waals surface area contributed by atoms with Crippen molar-refractivity contribution in [1.29, 1.82) is 0 Å². The van der Waals surface area contributed by atoms with Crippen molar-refractivity contribution in [3.63, 3.8) is 0 Å². The van der Waals surface area contributed by atoms with E-state index in [-0.39, 0.29) is 54.1 Å². The van der Waals surface area contributed by atoms with Crippen LogP contribution < -0.4 is 26.2 Å². The molecule has 6 N–H and O–H groups in total. The number of rotatable bonds is 10. The molecule has 1 heterocycles. The van der Waals surface area contributed by atoms with E-state index in [1.807, 2.05) is 4.72 Å². The van der Waals surface area contributed by atoms with Gasteiger partial charge in [0.05, 0.1) is 25.0 Å². The van der Waals surface area contributed by atoms with Crippen LogP contribution in [0.3, 0.4) is 0 Å². The van der Waals surface area contributed by atoms with E-state index in [9.17, 15) is 40.4 Å². The molecule has 40 heavy (non-hydrogen) atoms. The normalized spacial score (nSPS) is 10.7. The zero-order valence-electron chi connectivity index (χ0n) is 22.4. The Bertz CT molecular complexity index is 1240. The zero-order chi connectivity index (χ0) is 31.1. The largest absolute Gasteiger partial charge is 0.478 e. The molecule has 0 radical (unpaired) electrons. The lowest BCUT2D eigenvalue weighted by Gasteiger charge is -2.13. The predicted octanol–water partition coefficient (Wildman–Crippen LogP) is 2.63. The number of nitrogens with zero attached hydrogens (tertiary/aromatic N) is 1. The molecule has 0 unspecified atom stereocenters. The van der Waals surface area contributed by atoms with Gasteiger partial charge in [0, 0.05) is 24.9 Å². The van der Waals surface area contributed by atoms with Crippen LogP contribution in [-0.4, -0.2) is 44.0 Å². The summed E-state index contributed by atoms with van der Waals surface area (Å²) in [6, 6.07) is 5.52. The summed E-state index contributed by atoms with van der Waals surface area (Å²) in [5.74, 6) is -2.11. The SMILES string of the molecule is CCC(N)=O.CCC(N)=O.CCOc1nc(C(F)(F)F)ccc1CNC(=O)Cc1ccc(NS(C)(=O)=O)c(F)c1. The third-order valence-electron chi connectivity index (χ3n) is 4.38. The molecule has 0 fully saturated rings. The van der Waals surface area contributed by atoms with E-state index in [1.165, 1.54) is 12.1 Å². The molecule has 0 saturated heterocycles. The Labute approximate surface area is 229 Å². The molecule has 1 aromatic heterocycles. The summed E-state index contributed by atoms with van der Waals surface area (Å²) in [4.78, 5) is 34.7. The monoisotopic (exact) mass is 595 g/mol. The lowest BCUT2D eigenvalue weighted by atomic mass is 10.1. The van der Waals surface area contributed by atoms with Crippen LogP contribution in [0, 0.1) is 5.82 Å². The molecule has 0 aliphatic rings. The van der Waals surface area contributed by atoms with Crippen LogP contribution in [0.4, 0.5) is 23.2 Å². The number of primary amides is 2. The van der Waals surface area contributed by atoms with Crippen LogP contribution in [0.25, 0.3) is 0 Å². The van der Waals surface area contributed by atoms with Crippen LogP contribution in [0.1, 0.15) is 50.4 Å². The quantitative estimate of drug-likeness (QED) is 0.304. The number of hydrogen-bond acceptors (Lipinski definition) is 7. The Morgan fingerprint density at radius 1 is 1.00 bits per heavy atom. The average Bonchev–Trinajstić information content (AvgIpc) is 2.84. The number of amides is 3. The molecule has 0 atom stereocenters. The molecule has 2 rings (SSSR count). The van der Waals surface area contributed by atoms with E-state index in [0.717, 1.165) is 24.5 Å². The van der Waals surface area contributed by atoms with Gasteiger partial charge in [-0.25, -0.2) is 17.8 Å². The first kappa shape index (κ1) is 36.0. The van der Waals surface area contributed by atoms with E-state index < -0.39 is 33.6 Å². The third kappa shape index (κ3) is 15.5. The van der Waals surface area contributed by atoms with Gasteiger partial charge >= 0.3 is 6.18 Å². The molecule has 0 spiro atoms. The molecule has 224 valence electrons. The van der Waals surface area contributed by atoms with Gasteiger partial charge in [-0.05, 0) is 36.8 Å². The molecule has 16 heteroatoms. The number of ether oxygens (including phenoxy) is 1. The topological polar surface area (TPSA) is 184 Å². The maximum atomic E-state index is 14.0. The van der Waals surface area contributed by atoms with E-state index in [2.05, 4.69) is 21.8 Å². The average molecular weight is 596 g/mol. The number of hydrogen-bond donors (Lipinski definition) is 4. The van der Waals surface area contributed by atoms with Gasteiger partial charge in [-0.1, -0.05) is 19.9 Å². The molecular formula is C24H33F4N5O6S. The minimum Gasteiger partial charge on any atom is -0.478 e. The minimum atomic E-state index is -4.63.